The quantitative estimate of drug-likeness (QED) is 0.654. The maximum Gasteiger partial charge on any atom is 0.335 e. The van der Waals surface area contributed by atoms with Crippen LogP contribution in [0.2, 0.25) is 0 Å². The van der Waals surface area contributed by atoms with E-state index in [9.17, 15) is 18.3 Å². The lowest BCUT2D eigenvalue weighted by atomic mass is 10.2. The number of hydrogen-bond acceptors (Lipinski definition) is 5. The van der Waals surface area contributed by atoms with E-state index in [0.717, 1.165) is 18.6 Å². The van der Waals surface area contributed by atoms with E-state index in [1.807, 2.05) is 6.92 Å². The number of sulfonamides is 1. The molecule has 118 valence electrons. The van der Waals surface area contributed by atoms with Gasteiger partial charge in [0.15, 0.2) is 0 Å². The second-order valence-electron chi connectivity index (χ2n) is 4.47. The lowest BCUT2D eigenvalue weighted by Crippen LogP contribution is -2.32. The van der Waals surface area contributed by atoms with E-state index in [-0.39, 0.29) is 22.8 Å². The first-order valence-electron chi connectivity index (χ1n) is 6.41. The van der Waals surface area contributed by atoms with E-state index >= 15 is 0 Å². The van der Waals surface area contributed by atoms with Crippen LogP contribution in [0, 0.1) is 0 Å². The molecule has 0 aliphatic heterocycles. The van der Waals surface area contributed by atoms with E-state index in [4.69, 9.17) is 9.84 Å². The standard InChI is InChI=1S/C13H19NO6S/c1-3-4-10(15)8-14-21(18,19)12-6-5-9(13(16)17)7-11(12)20-2/h5-7,10,14-15H,3-4,8H2,1-2H3,(H,16,17). The first-order chi connectivity index (χ1) is 9.81. The van der Waals surface area contributed by atoms with E-state index in [0.29, 0.717) is 6.42 Å². The van der Waals surface area contributed by atoms with Crippen LogP contribution in [0.3, 0.4) is 0 Å². The predicted molar refractivity (Wildman–Crippen MR) is 76.1 cm³/mol. The number of carboxylic acid groups (broad SMARTS) is 1. The molecule has 21 heavy (non-hydrogen) atoms. The molecule has 0 saturated heterocycles. The van der Waals surface area contributed by atoms with Crippen LogP contribution in [0.15, 0.2) is 23.1 Å². The summed E-state index contributed by atoms with van der Waals surface area (Å²) in [4.78, 5) is 10.7. The molecule has 0 aromatic heterocycles. The fourth-order valence-electron chi connectivity index (χ4n) is 1.74. The minimum Gasteiger partial charge on any atom is -0.495 e. The second-order valence-corrected chi connectivity index (χ2v) is 6.20. The Morgan fingerprint density at radius 3 is 2.62 bits per heavy atom. The summed E-state index contributed by atoms with van der Waals surface area (Å²) in [5.41, 5.74) is -0.0724. The van der Waals surface area contributed by atoms with Gasteiger partial charge < -0.3 is 14.9 Å². The van der Waals surface area contributed by atoms with Crippen molar-refractivity contribution in [3.63, 3.8) is 0 Å². The molecule has 1 aromatic carbocycles. The number of aromatic carboxylic acids is 1. The number of aliphatic hydroxyl groups excluding tert-OH is 1. The zero-order valence-electron chi connectivity index (χ0n) is 11.9. The smallest absolute Gasteiger partial charge is 0.335 e. The highest BCUT2D eigenvalue weighted by Crippen LogP contribution is 2.25. The largest absolute Gasteiger partial charge is 0.495 e. The maximum absolute atomic E-state index is 12.2. The number of aliphatic hydroxyl groups is 1. The monoisotopic (exact) mass is 317 g/mol. The third-order valence-corrected chi connectivity index (χ3v) is 4.29. The molecule has 0 radical (unpaired) electrons. The number of benzene rings is 1. The van der Waals surface area contributed by atoms with Gasteiger partial charge in [-0.15, -0.1) is 0 Å². The molecule has 0 saturated carbocycles. The summed E-state index contributed by atoms with van der Waals surface area (Å²) < 4.78 is 31.5. The summed E-state index contributed by atoms with van der Waals surface area (Å²) in [7, 11) is -2.63. The van der Waals surface area contributed by atoms with Crippen LogP contribution < -0.4 is 9.46 Å². The number of rotatable bonds is 8. The maximum atomic E-state index is 12.2. The first kappa shape index (κ1) is 17.4. The molecule has 0 spiro atoms. The Morgan fingerprint density at radius 1 is 1.43 bits per heavy atom. The molecule has 8 heteroatoms. The molecular weight excluding hydrogens is 298 g/mol. The van der Waals surface area contributed by atoms with Crippen molar-refractivity contribution in [3.05, 3.63) is 23.8 Å². The first-order valence-corrected chi connectivity index (χ1v) is 7.89. The summed E-state index contributed by atoms with van der Waals surface area (Å²) >= 11 is 0. The molecule has 3 N–H and O–H groups in total. The highest BCUT2D eigenvalue weighted by Gasteiger charge is 2.21. The third kappa shape index (κ3) is 4.69. The molecule has 1 unspecified atom stereocenters. The second kappa shape index (κ2) is 7.39. The van der Waals surface area contributed by atoms with Crippen molar-refractivity contribution in [2.24, 2.45) is 0 Å². The Labute approximate surface area is 123 Å². The van der Waals surface area contributed by atoms with E-state index in [1.54, 1.807) is 0 Å². The van der Waals surface area contributed by atoms with Gasteiger partial charge in [0, 0.05) is 6.54 Å². The molecule has 0 amide bonds. The lowest BCUT2D eigenvalue weighted by molar-refractivity contribution is 0.0696. The van der Waals surface area contributed by atoms with Crippen LogP contribution in [0.5, 0.6) is 5.75 Å². The van der Waals surface area contributed by atoms with E-state index in [2.05, 4.69) is 4.72 Å². The van der Waals surface area contributed by atoms with Gasteiger partial charge in [0.2, 0.25) is 10.0 Å². The highest BCUT2D eigenvalue weighted by molar-refractivity contribution is 7.89. The normalized spacial score (nSPS) is 12.9. The Kier molecular flexibility index (Phi) is 6.13. The average Bonchev–Trinajstić information content (AvgIpc) is 2.44. The van der Waals surface area contributed by atoms with Crippen molar-refractivity contribution in [2.45, 2.75) is 30.8 Å². The molecule has 1 rings (SSSR count). The van der Waals surface area contributed by atoms with Crippen LogP contribution in [0.25, 0.3) is 0 Å². The van der Waals surface area contributed by atoms with Gasteiger partial charge in [-0.05, 0) is 24.6 Å². The summed E-state index contributed by atoms with van der Waals surface area (Å²) in [5.74, 6) is -1.24. The molecule has 0 heterocycles. The fourth-order valence-corrected chi connectivity index (χ4v) is 2.96. The average molecular weight is 317 g/mol. The van der Waals surface area contributed by atoms with Crippen LogP contribution in [0.1, 0.15) is 30.1 Å². The number of carboxylic acids is 1. The molecule has 0 aliphatic rings. The van der Waals surface area contributed by atoms with E-state index < -0.39 is 22.1 Å². The third-order valence-electron chi connectivity index (χ3n) is 2.83. The number of methoxy groups -OCH3 is 1. The van der Waals surface area contributed by atoms with Crippen molar-refractivity contribution >= 4 is 16.0 Å². The highest BCUT2D eigenvalue weighted by atomic mass is 32.2. The van der Waals surface area contributed by atoms with Gasteiger partial charge in [-0.2, -0.15) is 0 Å². The van der Waals surface area contributed by atoms with Crippen LogP contribution >= 0.6 is 0 Å². The molecule has 0 fully saturated rings. The zero-order valence-corrected chi connectivity index (χ0v) is 12.7. The zero-order chi connectivity index (χ0) is 16.0. The molecule has 0 bridgehead atoms. The SMILES string of the molecule is CCCC(O)CNS(=O)(=O)c1ccc(C(=O)O)cc1OC. The molecule has 0 aliphatic carbocycles. The topological polar surface area (TPSA) is 113 Å². The van der Waals surface area contributed by atoms with Gasteiger partial charge in [0.1, 0.15) is 10.6 Å². The van der Waals surface area contributed by atoms with Crippen LogP contribution in [0.4, 0.5) is 0 Å². The van der Waals surface area contributed by atoms with Crippen molar-refractivity contribution in [3.8, 4) is 5.75 Å². The Bertz CT molecular complexity index is 599. The summed E-state index contributed by atoms with van der Waals surface area (Å²) in [6.07, 6.45) is 0.450. The van der Waals surface area contributed by atoms with Gasteiger partial charge in [-0.3, -0.25) is 0 Å². The van der Waals surface area contributed by atoms with Gasteiger partial charge in [0.25, 0.3) is 0 Å². The van der Waals surface area contributed by atoms with Crippen molar-refractivity contribution in [2.75, 3.05) is 13.7 Å². The summed E-state index contributed by atoms with van der Waals surface area (Å²) in [6, 6.07) is 3.48. The van der Waals surface area contributed by atoms with Crippen molar-refractivity contribution in [1.29, 1.82) is 0 Å². The van der Waals surface area contributed by atoms with Crippen LogP contribution in [-0.2, 0) is 10.0 Å². The Hall–Kier alpha value is -1.64. The predicted octanol–water partition coefficient (Wildman–Crippen LogP) is 0.833. The number of hydrogen-bond donors (Lipinski definition) is 3. The van der Waals surface area contributed by atoms with Gasteiger partial charge in [0.05, 0.1) is 18.8 Å². The van der Waals surface area contributed by atoms with Crippen molar-refractivity contribution < 1.29 is 28.2 Å². The van der Waals surface area contributed by atoms with Crippen molar-refractivity contribution in [1.82, 2.24) is 4.72 Å². The minimum atomic E-state index is -3.89. The molecular formula is C13H19NO6S. The van der Waals surface area contributed by atoms with Crippen LogP contribution in [-0.4, -0.2) is 44.4 Å². The van der Waals surface area contributed by atoms with Gasteiger partial charge >= 0.3 is 5.97 Å². The minimum absolute atomic E-state index is 0.0626. The summed E-state index contributed by atoms with van der Waals surface area (Å²) in [5, 5.41) is 18.4. The summed E-state index contributed by atoms with van der Waals surface area (Å²) in [6.45, 7) is 1.77. The number of ether oxygens (including phenoxy) is 1. The lowest BCUT2D eigenvalue weighted by Gasteiger charge is -2.13. The molecule has 1 atom stereocenters. The molecule has 7 nitrogen and oxygen atoms in total. The fraction of sp³-hybridized carbons (Fsp3) is 0.462. The van der Waals surface area contributed by atoms with E-state index in [1.165, 1.54) is 13.2 Å². The Morgan fingerprint density at radius 2 is 2.10 bits per heavy atom. The van der Waals surface area contributed by atoms with Gasteiger partial charge in [-0.1, -0.05) is 13.3 Å². The molecule has 1 aromatic rings. The Balaban J connectivity index is 3.00. The van der Waals surface area contributed by atoms with Gasteiger partial charge in [-0.25, -0.2) is 17.9 Å². The number of nitrogens with one attached hydrogen (secondary N) is 1. The number of carbonyl (C=O) groups is 1.